The van der Waals surface area contributed by atoms with E-state index in [9.17, 15) is 5.11 Å². The number of benzene rings is 1. The standard InChI is InChI=1S/C13H18BrNO/c1-9-5-6-15(8-9)11-3-4-12(10(2)16)13(14)7-11/h3-4,7,9-10,16H,5-6,8H2,1-2H3/t9?,10-/m0/s1. The molecule has 1 unspecified atom stereocenters. The van der Waals surface area contributed by atoms with Crippen LogP contribution in [0.5, 0.6) is 0 Å². The van der Waals surface area contributed by atoms with Gasteiger partial charge in [0.05, 0.1) is 6.10 Å². The van der Waals surface area contributed by atoms with Crippen LogP contribution in [-0.2, 0) is 0 Å². The lowest BCUT2D eigenvalue weighted by atomic mass is 10.1. The summed E-state index contributed by atoms with van der Waals surface area (Å²) in [5.74, 6) is 0.787. The van der Waals surface area contributed by atoms with Crippen molar-refractivity contribution in [1.82, 2.24) is 0 Å². The smallest absolute Gasteiger partial charge is 0.0772 e. The van der Waals surface area contributed by atoms with Gasteiger partial charge in [0.25, 0.3) is 0 Å². The van der Waals surface area contributed by atoms with E-state index in [1.54, 1.807) is 6.92 Å². The van der Waals surface area contributed by atoms with E-state index in [4.69, 9.17) is 0 Å². The topological polar surface area (TPSA) is 23.5 Å². The van der Waals surface area contributed by atoms with E-state index in [1.807, 2.05) is 6.07 Å². The van der Waals surface area contributed by atoms with Gasteiger partial charge in [0.1, 0.15) is 0 Å². The minimum absolute atomic E-state index is 0.416. The molecule has 3 heteroatoms. The average molecular weight is 284 g/mol. The Hall–Kier alpha value is -0.540. The molecule has 0 saturated carbocycles. The van der Waals surface area contributed by atoms with Crippen LogP contribution in [0.4, 0.5) is 5.69 Å². The van der Waals surface area contributed by atoms with Crippen LogP contribution in [0.15, 0.2) is 22.7 Å². The molecular weight excluding hydrogens is 266 g/mol. The maximum atomic E-state index is 9.56. The van der Waals surface area contributed by atoms with Crippen LogP contribution < -0.4 is 4.90 Å². The number of aliphatic hydroxyl groups excluding tert-OH is 1. The Morgan fingerprint density at radius 2 is 2.25 bits per heavy atom. The highest BCUT2D eigenvalue weighted by atomic mass is 79.9. The summed E-state index contributed by atoms with van der Waals surface area (Å²) < 4.78 is 1.000. The van der Waals surface area contributed by atoms with Gasteiger partial charge in [0, 0.05) is 23.2 Å². The number of hydrogen-bond acceptors (Lipinski definition) is 2. The van der Waals surface area contributed by atoms with Gasteiger partial charge in [-0.15, -0.1) is 0 Å². The third-order valence-electron chi connectivity index (χ3n) is 3.22. The van der Waals surface area contributed by atoms with Crippen LogP contribution in [0.1, 0.15) is 31.9 Å². The van der Waals surface area contributed by atoms with Gasteiger partial charge in [0.2, 0.25) is 0 Å². The average Bonchev–Trinajstić information content (AvgIpc) is 2.64. The van der Waals surface area contributed by atoms with Crippen LogP contribution in [0.3, 0.4) is 0 Å². The van der Waals surface area contributed by atoms with E-state index < -0.39 is 6.10 Å². The third kappa shape index (κ3) is 2.41. The second kappa shape index (κ2) is 4.76. The van der Waals surface area contributed by atoms with Gasteiger partial charge in [-0.2, -0.15) is 0 Å². The maximum absolute atomic E-state index is 9.56. The summed E-state index contributed by atoms with van der Waals surface area (Å²) >= 11 is 3.52. The zero-order valence-corrected chi connectivity index (χ0v) is 11.4. The molecular formula is C13H18BrNO. The molecule has 1 aromatic rings. The maximum Gasteiger partial charge on any atom is 0.0772 e. The van der Waals surface area contributed by atoms with E-state index in [-0.39, 0.29) is 0 Å². The van der Waals surface area contributed by atoms with E-state index in [0.717, 1.165) is 29.0 Å². The normalized spacial score (nSPS) is 22.5. The van der Waals surface area contributed by atoms with Crippen LogP contribution in [0, 0.1) is 5.92 Å². The predicted octanol–water partition coefficient (Wildman–Crippen LogP) is 3.35. The van der Waals surface area contributed by atoms with Crippen molar-refractivity contribution < 1.29 is 5.11 Å². The molecule has 1 fully saturated rings. The van der Waals surface area contributed by atoms with Gasteiger partial charge in [-0.05, 0) is 37.0 Å². The largest absolute Gasteiger partial charge is 0.389 e. The number of aliphatic hydroxyl groups is 1. The van der Waals surface area contributed by atoms with Gasteiger partial charge in [0.15, 0.2) is 0 Å². The van der Waals surface area contributed by atoms with Crippen molar-refractivity contribution in [2.45, 2.75) is 26.4 Å². The minimum atomic E-state index is -0.416. The molecule has 1 aromatic carbocycles. The number of rotatable bonds is 2. The van der Waals surface area contributed by atoms with Crippen LogP contribution >= 0.6 is 15.9 Å². The van der Waals surface area contributed by atoms with E-state index >= 15 is 0 Å². The molecule has 88 valence electrons. The molecule has 16 heavy (non-hydrogen) atoms. The molecule has 2 nitrogen and oxygen atoms in total. The summed E-state index contributed by atoms with van der Waals surface area (Å²) in [6, 6.07) is 6.22. The lowest BCUT2D eigenvalue weighted by Gasteiger charge is -2.19. The van der Waals surface area contributed by atoms with Crippen LogP contribution in [0.2, 0.25) is 0 Å². The second-order valence-corrected chi connectivity index (χ2v) is 5.58. The fourth-order valence-electron chi connectivity index (χ4n) is 2.22. The summed E-state index contributed by atoms with van der Waals surface area (Å²) in [7, 11) is 0. The minimum Gasteiger partial charge on any atom is -0.389 e. The van der Waals surface area contributed by atoms with E-state index in [1.165, 1.54) is 12.1 Å². The van der Waals surface area contributed by atoms with Crippen molar-refractivity contribution in [1.29, 1.82) is 0 Å². The van der Waals surface area contributed by atoms with Gasteiger partial charge in [-0.1, -0.05) is 28.9 Å². The van der Waals surface area contributed by atoms with Gasteiger partial charge >= 0.3 is 0 Å². The first-order valence-electron chi connectivity index (χ1n) is 5.80. The first-order chi connectivity index (χ1) is 7.58. The number of anilines is 1. The molecule has 0 amide bonds. The molecule has 0 aliphatic carbocycles. The second-order valence-electron chi connectivity index (χ2n) is 4.72. The van der Waals surface area contributed by atoms with Gasteiger partial charge in [-0.3, -0.25) is 0 Å². The van der Waals surface area contributed by atoms with Crippen molar-refractivity contribution in [3.05, 3.63) is 28.2 Å². The molecule has 1 aliphatic rings. The van der Waals surface area contributed by atoms with Crippen molar-refractivity contribution in [2.75, 3.05) is 18.0 Å². The zero-order valence-electron chi connectivity index (χ0n) is 9.78. The van der Waals surface area contributed by atoms with Crippen molar-refractivity contribution >= 4 is 21.6 Å². The highest BCUT2D eigenvalue weighted by molar-refractivity contribution is 9.10. The molecule has 0 aromatic heterocycles. The Labute approximate surface area is 105 Å². The predicted molar refractivity (Wildman–Crippen MR) is 70.8 cm³/mol. The highest BCUT2D eigenvalue weighted by Crippen LogP contribution is 2.30. The third-order valence-corrected chi connectivity index (χ3v) is 3.91. The first-order valence-corrected chi connectivity index (χ1v) is 6.59. The summed E-state index contributed by atoms with van der Waals surface area (Å²) in [5.41, 5.74) is 2.21. The van der Waals surface area contributed by atoms with Crippen LogP contribution in [0.25, 0.3) is 0 Å². The fourth-order valence-corrected chi connectivity index (χ4v) is 2.92. The molecule has 0 spiro atoms. The van der Waals surface area contributed by atoms with Gasteiger partial charge < -0.3 is 10.0 Å². The Bertz CT molecular complexity index is 378. The summed E-state index contributed by atoms with van der Waals surface area (Å²) in [4.78, 5) is 2.40. The Balaban J connectivity index is 2.21. The van der Waals surface area contributed by atoms with Crippen LogP contribution in [-0.4, -0.2) is 18.2 Å². The SMILES string of the molecule is CC1CCN(c2ccc([C@H](C)O)c(Br)c2)C1. The summed E-state index contributed by atoms with van der Waals surface area (Å²) in [6.07, 6.45) is 0.858. The van der Waals surface area contributed by atoms with Crippen molar-refractivity contribution in [2.24, 2.45) is 5.92 Å². The van der Waals surface area contributed by atoms with Gasteiger partial charge in [-0.25, -0.2) is 0 Å². The number of hydrogen-bond donors (Lipinski definition) is 1. The molecule has 1 N–H and O–H groups in total. The molecule has 1 aliphatic heterocycles. The molecule has 2 atom stereocenters. The molecule has 2 rings (SSSR count). The van der Waals surface area contributed by atoms with Crippen molar-refractivity contribution in [3.63, 3.8) is 0 Å². The zero-order chi connectivity index (χ0) is 11.7. The Kier molecular flexibility index (Phi) is 3.55. The Morgan fingerprint density at radius 3 is 2.75 bits per heavy atom. The highest BCUT2D eigenvalue weighted by Gasteiger charge is 2.19. The summed E-state index contributed by atoms with van der Waals surface area (Å²) in [5, 5.41) is 9.56. The molecule has 0 radical (unpaired) electrons. The molecule has 1 saturated heterocycles. The molecule has 0 bridgehead atoms. The lowest BCUT2D eigenvalue weighted by Crippen LogP contribution is -2.19. The fraction of sp³-hybridized carbons (Fsp3) is 0.538. The van der Waals surface area contributed by atoms with E-state index in [0.29, 0.717) is 0 Å². The number of halogens is 1. The quantitative estimate of drug-likeness (QED) is 0.900. The molecule has 1 heterocycles. The first kappa shape index (κ1) is 11.9. The van der Waals surface area contributed by atoms with E-state index in [2.05, 4.69) is 39.9 Å². The number of nitrogens with zero attached hydrogens (tertiary/aromatic N) is 1. The van der Waals surface area contributed by atoms with Crippen molar-refractivity contribution in [3.8, 4) is 0 Å². The lowest BCUT2D eigenvalue weighted by molar-refractivity contribution is 0.198. The summed E-state index contributed by atoms with van der Waals surface area (Å²) in [6.45, 7) is 6.36. The monoisotopic (exact) mass is 283 g/mol. The Morgan fingerprint density at radius 1 is 1.50 bits per heavy atom.